The van der Waals surface area contributed by atoms with Crippen molar-refractivity contribution < 1.29 is 14.0 Å². The maximum Gasteiger partial charge on any atom is 0.242 e. The number of hydrogen-bond donors (Lipinski definition) is 1. The monoisotopic (exact) mass is 415 g/mol. The van der Waals surface area contributed by atoms with Crippen molar-refractivity contribution in [3.8, 4) is 0 Å². The molecule has 0 radical (unpaired) electrons. The van der Waals surface area contributed by atoms with Crippen molar-refractivity contribution in [1.82, 2.24) is 4.90 Å². The topological polar surface area (TPSA) is 52.7 Å². The van der Waals surface area contributed by atoms with Crippen LogP contribution in [-0.2, 0) is 22.4 Å². The molecule has 0 spiro atoms. The molecule has 0 bridgehead atoms. The molecule has 7 heteroatoms. The van der Waals surface area contributed by atoms with E-state index in [0.29, 0.717) is 32.5 Å². The van der Waals surface area contributed by atoms with E-state index >= 15 is 0 Å². The van der Waals surface area contributed by atoms with Crippen LogP contribution < -0.4 is 10.2 Å². The lowest BCUT2D eigenvalue weighted by Gasteiger charge is -2.41. The number of rotatable bonds is 4. The molecule has 1 aliphatic carbocycles. The van der Waals surface area contributed by atoms with E-state index in [-0.39, 0.29) is 29.3 Å². The fraction of sp³-hybridized carbons (Fsp3) is 0.364. The second-order valence-corrected chi connectivity index (χ2v) is 8.12. The molecule has 29 heavy (non-hydrogen) atoms. The number of piperazine rings is 1. The van der Waals surface area contributed by atoms with Crippen molar-refractivity contribution in [2.24, 2.45) is 0 Å². The predicted octanol–water partition coefficient (Wildman–Crippen LogP) is 3.30. The van der Waals surface area contributed by atoms with Crippen molar-refractivity contribution in [2.75, 3.05) is 36.4 Å². The van der Waals surface area contributed by atoms with Gasteiger partial charge < -0.3 is 15.1 Å². The predicted molar refractivity (Wildman–Crippen MR) is 112 cm³/mol. The van der Waals surface area contributed by atoms with Crippen LogP contribution in [0, 0.1) is 5.82 Å². The summed E-state index contributed by atoms with van der Waals surface area (Å²) in [5.41, 5.74) is 3.76. The molecule has 1 saturated heterocycles. The highest BCUT2D eigenvalue weighted by Gasteiger charge is 2.27. The zero-order chi connectivity index (χ0) is 20.5. The maximum atomic E-state index is 13.8. The molecule has 1 N–H and O–H groups in total. The molecule has 152 valence electrons. The Bertz CT molecular complexity index is 965. The van der Waals surface area contributed by atoms with Crippen LogP contribution in [0.25, 0.3) is 0 Å². The van der Waals surface area contributed by atoms with E-state index in [1.807, 2.05) is 30.0 Å². The number of anilines is 2. The normalized spacial score (nSPS) is 18.7. The highest BCUT2D eigenvalue weighted by molar-refractivity contribution is 6.30. The van der Waals surface area contributed by atoms with Gasteiger partial charge in [0.25, 0.3) is 0 Å². The Morgan fingerprint density at radius 1 is 1.17 bits per heavy atom. The molecule has 1 amide bonds. The van der Waals surface area contributed by atoms with E-state index in [2.05, 4.69) is 10.2 Å². The Kier molecular flexibility index (Phi) is 5.46. The lowest BCUT2D eigenvalue weighted by atomic mass is 10.1. The van der Waals surface area contributed by atoms with Crippen LogP contribution in [0.2, 0.25) is 5.02 Å². The average Bonchev–Trinajstić information content (AvgIpc) is 3.07. The molecule has 0 unspecified atom stereocenters. The van der Waals surface area contributed by atoms with E-state index in [9.17, 15) is 14.0 Å². The fourth-order valence-electron chi connectivity index (χ4n) is 4.08. The van der Waals surface area contributed by atoms with Gasteiger partial charge in [0.2, 0.25) is 5.91 Å². The van der Waals surface area contributed by atoms with E-state index in [4.69, 9.17) is 11.6 Å². The minimum atomic E-state index is -0.435. The van der Waals surface area contributed by atoms with E-state index in [0.717, 1.165) is 22.5 Å². The van der Waals surface area contributed by atoms with Crippen LogP contribution in [0.4, 0.5) is 15.8 Å². The molecule has 1 fully saturated rings. The number of fused-ring (bicyclic) bond motifs is 1. The highest BCUT2D eigenvalue weighted by atomic mass is 35.5. The number of benzene rings is 2. The zero-order valence-corrected chi connectivity index (χ0v) is 17.0. The summed E-state index contributed by atoms with van der Waals surface area (Å²) in [6.45, 7) is 4.01. The van der Waals surface area contributed by atoms with Gasteiger partial charge in [-0.05, 0) is 48.4 Å². The van der Waals surface area contributed by atoms with Gasteiger partial charge >= 0.3 is 0 Å². The van der Waals surface area contributed by atoms with Crippen molar-refractivity contribution in [3.63, 3.8) is 0 Å². The van der Waals surface area contributed by atoms with Crippen LogP contribution >= 0.6 is 11.6 Å². The van der Waals surface area contributed by atoms with Gasteiger partial charge in [0.15, 0.2) is 0 Å². The van der Waals surface area contributed by atoms with Gasteiger partial charge in [-0.3, -0.25) is 9.59 Å². The first kappa shape index (κ1) is 19.7. The zero-order valence-electron chi connectivity index (χ0n) is 16.3. The number of nitrogens with zero attached hydrogens (tertiary/aromatic N) is 2. The minimum absolute atomic E-state index is 0.0235. The first-order valence-corrected chi connectivity index (χ1v) is 10.2. The Morgan fingerprint density at radius 3 is 2.72 bits per heavy atom. The Labute approximate surface area is 174 Å². The van der Waals surface area contributed by atoms with Gasteiger partial charge in [0.1, 0.15) is 11.6 Å². The highest BCUT2D eigenvalue weighted by Crippen LogP contribution is 2.26. The molecule has 2 aromatic carbocycles. The van der Waals surface area contributed by atoms with E-state index < -0.39 is 5.82 Å². The minimum Gasteiger partial charge on any atom is -0.376 e. The molecule has 5 nitrogen and oxygen atoms in total. The number of hydrogen-bond acceptors (Lipinski definition) is 4. The number of carbonyl (C=O) groups excluding carboxylic acids is 2. The summed E-state index contributed by atoms with van der Waals surface area (Å²) >= 11 is 5.77. The van der Waals surface area contributed by atoms with Crippen LogP contribution in [0.3, 0.4) is 0 Å². The summed E-state index contributed by atoms with van der Waals surface area (Å²) < 4.78 is 13.8. The van der Waals surface area contributed by atoms with Crippen molar-refractivity contribution in [2.45, 2.75) is 25.8 Å². The van der Waals surface area contributed by atoms with Crippen LogP contribution in [0.5, 0.6) is 0 Å². The van der Waals surface area contributed by atoms with Crippen molar-refractivity contribution >= 4 is 34.7 Å². The third-order valence-corrected chi connectivity index (χ3v) is 5.95. The lowest BCUT2D eigenvalue weighted by Crippen LogP contribution is -2.54. The number of carbonyl (C=O) groups is 2. The Hall–Kier alpha value is -2.60. The number of nitrogens with one attached hydrogen (secondary N) is 1. The van der Waals surface area contributed by atoms with Gasteiger partial charge in [-0.2, -0.15) is 0 Å². The van der Waals surface area contributed by atoms with Gasteiger partial charge in [-0.15, -0.1) is 0 Å². The molecular weight excluding hydrogens is 393 g/mol. The van der Waals surface area contributed by atoms with Crippen LogP contribution in [0.1, 0.15) is 18.1 Å². The Morgan fingerprint density at radius 2 is 1.97 bits per heavy atom. The summed E-state index contributed by atoms with van der Waals surface area (Å²) in [4.78, 5) is 28.1. The van der Waals surface area contributed by atoms with Gasteiger partial charge in [-0.25, -0.2) is 4.39 Å². The first-order chi connectivity index (χ1) is 13.9. The number of halogens is 2. The molecule has 1 atom stereocenters. The van der Waals surface area contributed by atoms with E-state index in [1.54, 1.807) is 12.1 Å². The standard InChI is InChI=1S/C22H23ClFN3O2/c1-14-13-26(6-7-27(14)18-4-5-20(23)21(24)11-18)22(29)12-25-17-3-2-15-9-19(28)10-16(15)8-17/h2-5,8,11,14,25H,6-7,9-10,12-13H2,1H3/t14-/m1/s1. The molecule has 2 aliphatic rings. The summed E-state index contributed by atoms with van der Waals surface area (Å²) in [6, 6.07) is 10.7. The lowest BCUT2D eigenvalue weighted by molar-refractivity contribution is -0.130. The average molecular weight is 416 g/mol. The molecule has 2 aromatic rings. The number of amides is 1. The van der Waals surface area contributed by atoms with Gasteiger partial charge in [0.05, 0.1) is 11.6 Å². The fourth-order valence-corrected chi connectivity index (χ4v) is 4.20. The molecular formula is C22H23ClFN3O2. The van der Waals surface area contributed by atoms with Gasteiger partial charge in [-0.1, -0.05) is 17.7 Å². The third kappa shape index (κ3) is 4.22. The molecule has 0 aromatic heterocycles. The third-order valence-electron chi connectivity index (χ3n) is 5.64. The number of ketones is 1. The largest absolute Gasteiger partial charge is 0.376 e. The molecule has 1 heterocycles. The summed E-state index contributed by atoms with van der Waals surface area (Å²) in [6.07, 6.45) is 0.984. The first-order valence-electron chi connectivity index (χ1n) is 9.77. The summed E-state index contributed by atoms with van der Waals surface area (Å²) in [7, 11) is 0. The smallest absolute Gasteiger partial charge is 0.242 e. The maximum absolute atomic E-state index is 13.8. The number of Topliss-reactive ketones (excluding diaryl/α,β-unsaturated/α-hetero) is 1. The SMILES string of the molecule is C[C@@H]1CN(C(=O)CNc2ccc3c(c2)CC(=O)C3)CCN1c1ccc(Cl)c(F)c1. The molecule has 0 saturated carbocycles. The van der Waals surface area contributed by atoms with Gasteiger partial charge in [0, 0.05) is 49.9 Å². The second-order valence-electron chi connectivity index (χ2n) is 7.71. The van der Waals surface area contributed by atoms with Crippen molar-refractivity contribution in [1.29, 1.82) is 0 Å². The molecule has 1 aliphatic heterocycles. The van der Waals surface area contributed by atoms with E-state index in [1.165, 1.54) is 6.07 Å². The van der Waals surface area contributed by atoms with Crippen LogP contribution in [0.15, 0.2) is 36.4 Å². The molecule has 4 rings (SSSR count). The second kappa shape index (κ2) is 8.03. The summed E-state index contributed by atoms with van der Waals surface area (Å²) in [5, 5.41) is 3.29. The quantitative estimate of drug-likeness (QED) is 0.832. The van der Waals surface area contributed by atoms with Crippen LogP contribution in [-0.4, -0.2) is 48.8 Å². The van der Waals surface area contributed by atoms with Crippen molar-refractivity contribution in [3.05, 3.63) is 58.4 Å². The summed E-state index contributed by atoms with van der Waals surface area (Å²) in [5.74, 6) is -0.175. The Balaban J connectivity index is 1.33.